The zero-order chi connectivity index (χ0) is 21.1. The molecule has 1 amide bonds. The number of nitrogens with one attached hydrogen (secondary N) is 1. The molecule has 0 radical (unpaired) electrons. The number of hydrogen-bond donors (Lipinski definition) is 1. The van der Waals surface area contributed by atoms with Gasteiger partial charge in [0.15, 0.2) is 0 Å². The predicted molar refractivity (Wildman–Crippen MR) is 115 cm³/mol. The van der Waals surface area contributed by atoms with Gasteiger partial charge in [0.2, 0.25) is 5.91 Å². The van der Waals surface area contributed by atoms with E-state index in [1.54, 1.807) is 13.2 Å². The van der Waals surface area contributed by atoms with Crippen molar-refractivity contribution in [2.45, 2.75) is 27.3 Å². The van der Waals surface area contributed by atoms with E-state index in [1.807, 2.05) is 44.9 Å². The molecule has 0 aliphatic heterocycles. The number of carbonyl (C=O) groups is 1. The molecule has 2 aromatic carbocycles. The smallest absolute Gasteiger partial charge is 0.336 e. The van der Waals surface area contributed by atoms with Crippen LogP contribution >= 0.6 is 0 Å². The molecule has 0 saturated carbocycles. The minimum atomic E-state index is -0.426. The van der Waals surface area contributed by atoms with E-state index in [4.69, 9.17) is 9.15 Å². The van der Waals surface area contributed by atoms with Crippen molar-refractivity contribution in [3.8, 4) is 5.75 Å². The molecule has 0 aliphatic carbocycles. The standard InChI is InChI=1S/C23H26N2O4/c1-14-8-15(2)23(16(3)9-14)24-21(26)13-25(4)12-17-10-22(27)29-20-11-18(28-5)6-7-19(17)20/h6-11H,12-13H2,1-5H3,(H,24,26). The van der Waals surface area contributed by atoms with Crippen molar-refractivity contribution < 1.29 is 13.9 Å². The van der Waals surface area contributed by atoms with E-state index >= 15 is 0 Å². The highest BCUT2D eigenvalue weighted by Gasteiger charge is 2.13. The van der Waals surface area contributed by atoms with Crippen LogP contribution in [0.25, 0.3) is 11.0 Å². The molecular weight excluding hydrogens is 368 g/mol. The van der Waals surface area contributed by atoms with Crippen molar-refractivity contribution in [3.05, 3.63) is 69.1 Å². The average Bonchev–Trinajstić information content (AvgIpc) is 2.63. The Hall–Kier alpha value is -3.12. The van der Waals surface area contributed by atoms with Crippen molar-refractivity contribution in [1.29, 1.82) is 0 Å². The number of aryl methyl sites for hydroxylation is 3. The summed E-state index contributed by atoms with van der Waals surface area (Å²) >= 11 is 0. The summed E-state index contributed by atoms with van der Waals surface area (Å²) in [5.41, 5.74) is 4.95. The fourth-order valence-corrected chi connectivity index (χ4v) is 3.62. The number of fused-ring (bicyclic) bond motifs is 1. The van der Waals surface area contributed by atoms with Gasteiger partial charge in [-0.1, -0.05) is 17.7 Å². The molecule has 6 heteroatoms. The first kappa shape index (κ1) is 20.6. The minimum absolute atomic E-state index is 0.100. The monoisotopic (exact) mass is 394 g/mol. The van der Waals surface area contributed by atoms with Crippen LogP contribution in [-0.2, 0) is 11.3 Å². The van der Waals surface area contributed by atoms with Crippen LogP contribution in [-0.4, -0.2) is 31.5 Å². The van der Waals surface area contributed by atoms with Crippen LogP contribution in [0.5, 0.6) is 5.75 Å². The fraction of sp³-hybridized carbons (Fsp3) is 0.304. The zero-order valence-corrected chi connectivity index (χ0v) is 17.5. The van der Waals surface area contributed by atoms with Gasteiger partial charge < -0.3 is 14.5 Å². The van der Waals surface area contributed by atoms with Gasteiger partial charge in [0.1, 0.15) is 11.3 Å². The van der Waals surface area contributed by atoms with Gasteiger partial charge in [0.05, 0.1) is 13.7 Å². The molecule has 6 nitrogen and oxygen atoms in total. The summed E-state index contributed by atoms with van der Waals surface area (Å²) in [6, 6.07) is 10.9. The lowest BCUT2D eigenvalue weighted by Crippen LogP contribution is -2.30. The second kappa shape index (κ2) is 8.49. The van der Waals surface area contributed by atoms with Crippen molar-refractivity contribution >= 4 is 22.6 Å². The lowest BCUT2D eigenvalue weighted by atomic mass is 10.1. The van der Waals surface area contributed by atoms with Crippen LogP contribution in [0.4, 0.5) is 5.69 Å². The number of amides is 1. The number of hydrogen-bond acceptors (Lipinski definition) is 5. The van der Waals surface area contributed by atoms with Gasteiger partial charge in [-0.15, -0.1) is 0 Å². The van der Waals surface area contributed by atoms with Crippen molar-refractivity contribution in [2.75, 3.05) is 26.0 Å². The molecule has 1 heterocycles. The van der Waals surface area contributed by atoms with Crippen molar-refractivity contribution in [2.24, 2.45) is 0 Å². The van der Waals surface area contributed by atoms with E-state index in [1.165, 1.54) is 11.6 Å². The Morgan fingerprint density at radius 2 is 1.79 bits per heavy atom. The number of benzene rings is 2. The summed E-state index contributed by atoms with van der Waals surface area (Å²) in [4.78, 5) is 26.4. The zero-order valence-electron chi connectivity index (χ0n) is 17.5. The molecule has 152 valence electrons. The van der Waals surface area contributed by atoms with Crippen LogP contribution in [0.15, 0.2) is 45.6 Å². The summed E-state index contributed by atoms with van der Waals surface area (Å²) in [6.45, 7) is 6.65. The summed E-state index contributed by atoms with van der Waals surface area (Å²) in [5.74, 6) is 0.519. The maximum Gasteiger partial charge on any atom is 0.336 e. The number of rotatable bonds is 6. The minimum Gasteiger partial charge on any atom is -0.497 e. The first-order valence-corrected chi connectivity index (χ1v) is 9.44. The second-order valence-corrected chi connectivity index (χ2v) is 7.45. The first-order valence-electron chi connectivity index (χ1n) is 9.44. The number of carbonyl (C=O) groups excluding carboxylic acids is 1. The molecule has 0 atom stereocenters. The quantitative estimate of drug-likeness (QED) is 0.644. The average molecular weight is 394 g/mol. The summed E-state index contributed by atoms with van der Waals surface area (Å²) < 4.78 is 10.5. The first-order chi connectivity index (χ1) is 13.8. The molecule has 3 aromatic rings. The number of methoxy groups -OCH3 is 1. The molecule has 0 fully saturated rings. The summed E-state index contributed by atoms with van der Waals surface area (Å²) in [7, 11) is 3.41. The fourth-order valence-electron chi connectivity index (χ4n) is 3.62. The third-order valence-electron chi connectivity index (χ3n) is 4.83. The number of ether oxygens (including phenoxy) is 1. The number of likely N-dealkylation sites (N-methyl/N-ethyl adjacent to an activating group) is 1. The lowest BCUT2D eigenvalue weighted by Gasteiger charge is -2.19. The van der Waals surface area contributed by atoms with E-state index < -0.39 is 5.63 Å². The predicted octanol–water partition coefficient (Wildman–Crippen LogP) is 3.80. The van der Waals surface area contributed by atoms with E-state index in [9.17, 15) is 9.59 Å². The Bertz CT molecular complexity index is 1090. The molecule has 0 unspecified atom stereocenters. The highest BCUT2D eigenvalue weighted by molar-refractivity contribution is 5.93. The Kier molecular flexibility index (Phi) is 6.03. The van der Waals surface area contributed by atoms with Gasteiger partial charge in [0, 0.05) is 29.8 Å². The van der Waals surface area contributed by atoms with Gasteiger partial charge in [-0.25, -0.2) is 4.79 Å². The molecule has 0 saturated heterocycles. The molecule has 1 aromatic heterocycles. The van der Waals surface area contributed by atoms with E-state index in [0.717, 1.165) is 27.8 Å². The Balaban J connectivity index is 1.75. The van der Waals surface area contributed by atoms with Crippen LogP contribution in [0.1, 0.15) is 22.3 Å². The Labute approximate surface area is 170 Å². The molecular formula is C23H26N2O4. The van der Waals surface area contributed by atoms with Crippen LogP contribution in [0, 0.1) is 20.8 Å². The second-order valence-electron chi connectivity index (χ2n) is 7.45. The molecule has 29 heavy (non-hydrogen) atoms. The topological polar surface area (TPSA) is 71.8 Å². The molecule has 0 aliphatic rings. The van der Waals surface area contributed by atoms with Crippen LogP contribution in [0.2, 0.25) is 0 Å². The van der Waals surface area contributed by atoms with Gasteiger partial charge in [0.25, 0.3) is 0 Å². The normalized spacial score (nSPS) is 11.1. The Morgan fingerprint density at radius 3 is 2.45 bits per heavy atom. The molecule has 0 bridgehead atoms. The van der Waals surface area contributed by atoms with Gasteiger partial charge in [-0.3, -0.25) is 9.69 Å². The Morgan fingerprint density at radius 1 is 1.10 bits per heavy atom. The highest BCUT2D eigenvalue weighted by atomic mass is 16.5. The van der Waals surface area contributed by atoms with Crippen molar-refractivity contribution in [3.63, 3.8) is 0 Å². The maximum atomic E-state index is 12.6. The van der Waals surface area contributed by atoms with Crippen molar-refractivity contribution in [1.82, 2.24) is 4.90 Å². The third kappa shape index (κ3) is 4.84. The van der Waals surface area contributed by atoms with E-state index in [0.29, 0.717) is 17.9 Å². The van der Waals surface area contributed by atoms with E-state index in [-0.39, 0.29) is 12.5 Å². The summed E-state index contributed by atoms with van der Waals surface area (Å²) in [5, 5.41) is 3.83. The molecule has 1 N–H and O–H groups in total. The van der Waals surface area contributed by atoms with Gasteiger partial charge in [-0.05, 0) is 56.6 Å². The molecule has 0 spiro atoms. The number of anilines is 1. The van der Waals surface area contributed by atoms with Gasteiger partial charge >= 0.3 is 5.63 Å². The van der Waals surface area contributed by atoms with Gasteiger partial charge in [-0.2, -0.15) is 0 Å². The highest BCUT2D eigenvalue weighted by Crippen LogP contribution is 2.24. The lowest BCUT2D eigenvalue weighted by molar-refractivity contribution is -0.117. The summed E-state index contributed by atoms with van der Waals surface area (Å²) in [6.07, 6.45) is 0. The van der Waals surface area contributed by atoms with E-state index in [2.05, 4.69) is 17.4 Å². The number of nitrogens with zero attached hydrogens (tertiary/aromatic N) is 1. The SMILES string of the molecule is COc1ccc2c(CN(C)CC(=O)Nc3c(C)cc(C)cc3C)cc(=O)oc2c1. The third-order valence-corrected chi connectivity index (χ3v) is 4.83. The maximum absolute atomic E-state index is 12.6. The van der Waals surface area contributed by atoms with Crippen LogP contribution in [0.3, 0.4) is 0 Å². The molecule has 3 rings (SSSR count). The largest absolute Gasteiger partial charge is 0.497 e. The van der Waals surface area contributed by atoms with Crippen LogP contribution < -0.4 is 15.7 Å².